The van der Waals surface area contributed by atoms with Crippen LogP contribution in [0.15, 0.2) is 36.4 Å². The molecule has 2 aromatic carbocycles. The summed E-state index contributed by atoms with van der Waals surface area (Å²) in [6.45, 7) is 3.76. The van der Waals surface area contributed by atoms with Crippen LogP contribution in [0, 0.1) is 18.6 Å². The molecule has 1 atom stereocenters. The number of rotatable bonds is 5. The van der Waals surface area contributed by atoms with Crippen LogP contribution in [0.2, 0.25) is 0 Å². The molecule has 3 heteroatoms. The summed E-state index contributed by atoms with van der Waals surface area (Å²) in [6, 6.07) is 10.3. The van der Waals surface area contributed by atoms with E-state index in [4.69, 9.17) is 11.6 Å². The molecule has 0 amide bonds. The molecule has 21 heavy (non-hydrogen) atoms. The number of alkyl halides is 1. The average molecular weight is 309 g/mol. The maximum Gasteiger partial charge on any atom is 0.131 e. The highest BCUT2D eigenvalue weighted by Crippen LogP contribution is 2.32. The van der Waals surface area contributed by atoms with Crippen LogP contribution in [0.3, 0.4) is 0 Å². The molecule has 0 aliphatic rings. The van der Waals surface area contributed by atoms with Crippen molar-refractivity contribution in [3.05, 3.63) is 70.3 Å². The highest BCUT2D eigenvalue weighted by atomic mass is 35.5. The van der Waals surface area contributed by atoms with Crippen LogP contribution in [0.25, 0.3) is 0 Å². The molecule has 0 aliphatic heterocycles. The summed E-state index contributed by atoms with van der Waals surface area (Å²) in [4.78, 5) is 0. The van der Waals surface area contributed by atoms with Gasteiger partial charge in [-0.25, -0.2) is 8.78 Å². The summed E-state index contributed by atoms with van der Waals surface area (Å²) < 4.78 is 27.2. The Kier molecular flexibility index (Phi) is 5.35. The van der Waals surface area contributed by atoms with Gasteiger partial charge in [0.05, 0.1) is 5.38 Å². The third-order valence-corrected chi connectivity index (χ3v) is 4.13. The summed E-state index contributed by atoms with van der Waals surface area (Å²) in [7, 11) is 0. The first-order valence-corrected chi connectivity index (χ1v) is 7.65. The first kappa shape index (κ1) is 16.0. The maximum atomic E-state index is 13.9. The fourth-order valence-electron chi connectivity index (χ4n) is 2.29. The van der Waals surface area contributed by atoms with Crippen molar-refractivity contribution in [1.82, 2.24) is 0 Å². The number of aryl methyl sites for hydroxylation is 2. The molecular weight excluding hydrogens is 290 g/mol. The van der Waals surface area contributed by atoms with Crippen LogP contribution in [0.5, 0.6) is 0 Å². The molecule has 0 N–H and O–H groups in total. The van der Waals surface area contributed by atoms with Gasteiger partial charge < -0.3 is 0 Å². The summed E-state index contributed by atoms with van der Waals surface area (Å²) in [5.74, 6) is -1.15. The van der Waals surface area contributed by atoms with Crippen LogP contribution >= 0.6 is 11.6 Å². The van der Waals surface area contributed by atoms with Gasteiger partial charge in [0, 0.05) is 11.6 Å². The molecule has 0 bridgehead atoms. The van der Waals surface area contributed by atoms with Crippen LogP contribution in [-0.2, 0) is 6.42 Å². The topological polar surface area (TPSA) is 0 Å². The normalized spacial score (nSPS) is 12.4. The second-order valence-electron chi connectivity index (χ2n) is 5.33. The van der Waals surface area contributed by atoms with Gasteiger partial charge in [0.25, 0.3) is 0 Å². The van der Waals surface area contributed by atoms with Gasteiger partial charge in [0.1, 0.15) is 11.6 Å². The molecule has 0 nitrogen and oxygen atoms in total. The number of hydrogen-bond acceptors (Lipinski definition) is 0. The number of halogens is 3. The van der Waals surface area contributed by atoms with Gasteiger partial charge in [-0.15, -0.1) is 11.6 Å². The Bertz CT molecular complexity index is 605. The molecule has 0 saturated carbocycles. The van der Waals surface area contributed by atoms with Crippen molar-refractivity contribution in [1.29, 1.82) is 0 Å². The Balaban J connectivity index is 2.23. The van der Waals surface area contributed by atoms with Gasteiger partial charge in [-0.3, -0.25) is 0 Å². The Morgan fingerprint density at radius 3 is 2.33 bits per heavy atom. The van der Waals surface area contributed by atoms with Crippen molar-refractivity contribution in [2.24, 2.45) is 0 Å². The zero-order valence-corrected chi connectivity index (χ0v) is 13.1. The predicted molar refractivity (Wildman–Crippen MR) is 83.8 cm³/mol. The Hall–Kier alpha value is -1.41. The molecule has 2 aromatic rings. The van der Waals surface area contributed by atoms with E-state index in [0.29, 0.717) is 11.1 Å². The molecule has 0 spiro atoms. The van der Waals surface area contributed by atoms with Gasteiger partial charge in [0.2, 0.25) is 0 Å². The summed E-state index contributed by atoms with van der Waals surface area (Å²) in [6.07, 6.45) is 3.34. The van der Waals surface area contributed by atoms with Crippen LogP contribution in [-0.4, -0.2) is 0 Å². The molecule has 0 heterocycles. The van der Waals surface area contributed by atoms with Gasteiger partial charge in [-0.2, -0.15) is 0 Å². The second-order valence-corrected chi connectivity index (χ2v) is 5.77. The lowest BCUT2D eigenvalue weighted by Gasteiger charge is -2.13. The highest BCUT2D eigenvalue weighted by Gasteiger charge is 2.17. The van der Waals surface area contributed by atoms with Gasteiger partial charge in [-0.05, 0) is 42.5 Å². The third-order valence-electron chi connectivity index (χ3n) is 3.64. The molecular formula is C18H19ClF2. The van der Waals surface area contributed by atoms with Crippen molar-refractivity contribution in [2.45, 2.75) is 38.5 Å². The maximum absolute atomic E-state index is 13.9. The molecule has 2 rings (SSSR count). The minimum absolute atomic E-state index is 0.317. The third kappa shape index (κ3) is 3.82. The Morgan fingerprint density at radius 2 is 1.71 bits per heavy atom. The van der Waals surface area contributed by atoms with Gasteiger partial charge in [0.15, 0.2) is 0 Å². The zero-order chi connectivity index (χ0) is 15.4. The molecule has 0 radical (unpaired) electrons. The zero-order valence-electron chi connectivity index (χ0n) is 12.3. The first-order chi connectivity index (χ1) is 10.0. The van der Waals surface area contributed by atoms with Crippen molar-refractivity contribution in [3.63, 3.8) is 0 Å². The minimum atomic E-state index is -0.607. The van der Waals surface area contributed by atoms with Crippen molar-refractivity contribution in [3.8, 4) is 0 Å². The second kappa shape index (κ2) is 7.04. The van der Waals surface area contributed by atoms with E-state index in [1.54, 1.807) is 6.92 Å². The quantitative estimate of drug-likeness (QED) is 0.599. The summed E-state index contributed by atoms with van der Waals surface area (Å²) >= 11 is 6.36. The van der Waals surface area contributed by atoms with Crippen molar-refractivity contribution >= 4 is 11.6 Å². The predicted octanol–water partition coefficient (Wildman–Crippen LogP) is 5.94. The average Bonchev–Trinajstić information content (AvgIpc) is 2.48. The van der Waals surface area contributed by atoms with Gasteiger partial charge >= 0.3 is 0 Å². The first-order valence-electron chi connectivity index (χ1n) is 7.21. The van der Waals surface area contributed by atoms with E-state index in [1.807, 2.05) is 24.3 Å². The van der Waals surface area contributed by atoms with E-state index in [1.165, 1.54) is 11.6 Å². The molecule has 112 valence electrons. The van der Waals surface area contributed by atoms with E-state index in [-0.39, 0.29) is 0 Å². The molecule has 0 fully saturated rings. The molecule has 0 saturated heterocycles. The lowest BCUT2D eigenvalue weighted by molar-refractivity contribution is 0.568. The molecule has 0 aromatic heterocycles. The fraction of sp³-hybridized carbons (Fsp3) is 0.333. The largest absolute Gasteiger partial charge is 0.207 e. The fourth-order valence-corrected chi connectivity index (χ4v) is 2.60. The SMILES string of the molecule is CCCCc1ccc(C(Cl)c2cc(C)c(F)cc2F)cc1. The summed E-state index contributed by atoms with van der Waals surface area (Å²) in [5.41, 5.74) is 2.79. The van der Waals surface area contributed by atoms with Crippen LogP contribution < -0.4 is 0 Å². The Labute approximate surface area is 129 Å². The standard InChI is InChI=1S/C18H19ClF2/c1-3-4-5-13-6-8-14(9-7-13)18(19)15-10-12(2)16(20)11-17(15)21/h6-11,18H,3-5H2,1-2H3. The van der Waals surface area contributed by atoms with Crippen LogP contribution in [0.4, 0.5) is 8.78 Å². The van der Waals surface area contributed by atoms with E-state index < -0.39 is 17.0 Å². The minimum Gasteiger partial charge on any atom is -0.207 e. The Morgan fingerprint density at radius 1 is 1.05 bits per heavy atom. The number of unbranched alkanes of at least 4 members (excludes halogenated alkanes) is 1. The highest BCUT2D eigenvalue weighted by molar-refractivity contribution is 6.22. The van der Waals surface area contributed by atoms with E-state index in [2.05, 4.69) is 6.92 Å². The summed E-state index contributed by atoms with van der Waals surface area (Å²) in [5, 5.41) is -0.607. The number of hydrogen-bond donors (Lipinski definition) is 0. The molecule has 0 aliphatic carbocycles. The number of benzene rings is 2. The lowest BCUT2D eigenvalue weighted by atomic mass is 9.99. The van der Waals surface area contributed by atoms with Crippen molar-refractivity contribution < 1.29 is 8.78 Å². The lowest BCUT2D eigenvalue weighted by Crippen LogP contribution is -2.00. The smallest absolute Gasteiger partial charge is 0.131 e. The van der Waals surface area contributed by atoms with Gasteiger partial charge in [-0.1, -0.05) is 37.6 Å². The van der Waals surface area contributed by atoms with E-state index in [0.717, 1.165) is 30.9 Å². The monoisotopic (exact) mass is 308 g/mol. The molecule has 1 unspecified atom stereocenters. The van der Waals surface area contributed by atoms with Crippen molar-refractivity contribution in [2.75, 3.05) is 0 Å². The van der Waals surface area contributed by atoms with E-state index >= 15 is 0 Å². The van der Waals surface area contributed by atoms with Crippen LogP contribution in [0.1, 0.15) is 47.4 Å². The van der Waals surface area contributed by atoms with E-state index in [9.17, 15) is 8.78 Å².